The fraction of sp³-hybridized carbons (Fsp3) is 0.0833. The lowest BCUT2D eigenvalue weighted by Crippen LogP contribution is -2.06. The van der Waals surface area contributed by atoms with E-state index in [1.165, 1.54) is 24.3 Å². The van der Waals surface area contributed by atoms with Crippen molar-refractivity contribution in [3.8, 4) is 10.4 Å². The fourth-order valence-electron chi connectivity index (χ4n) is 1.56. The third-order valence-corrected chi connectivity index (χ3v) is 3.71. The molecular formula is C12H6ClF3O2S. The summed E-state index contributed by atoms with van der Waals surface area (Å²) in [5.41, 5.74) is -0.951. The van der Waals surface area contributed by atoms with Crippen molar-refractivity contribution >= 4 is 28.9 Å². The second-order valence-electron chi connectivity index (χ2n) is 3.66. The molecule has 2 rings (SSSR count). The number of aromatic carboxylic acids is 1. The summed E-state index contributed by atoms with van der Waals surface area (Å²) in [5.74, 6) is -1.17. The Morgan fingerprint density at radius 2 is 1.89 bits per heavy atom. The molecule has 0 bridgehead atoms. The van der Waals surface area contributed by atoms with Gasteiger partial charge in [-0.15, -0.1) is 11.3 Å². The summed E-state index contributed by atoms with van der Waals surface area (Å²) in [6.45, 7) is 0. The second-order valence-corrected chi connectivity index (χ2v) is 5.18. The van der Waals surface area contributed by atoms with E-state index in [1.807, 2.05) is 0 Å². The Balaban J connectivity index is 2.58. The van der Waals surface area contributed by atoms with Gasteiger partial charge in [0.1, 0.15) is 4.88 Å². The Bertz CT molecular complexity index is 634. The highest BCUT2D eigenvalue weighted by Crippen LogP contribution is 2.40. The van der Waals surface area contributed by atoms with E-state index in [4.69, 9.17) is 16.7 Å². The Morgan fingerprint density at radius 3 is 2.42 bits per heavy atom. The lowest BCUT2D eigenvalue weighted by atomic mass is 10.1. The van der Waals surface area contributed by atoms with Crippen molar-refractivity contribution in [3.63, 3.8) is 0 Å². The number of hydrogen-bond donors (Lipinski definition) is 1. The van der Waals surface area contributed by atoms with Crippen LogP contribution in [0, 0.1) is 0 Å². The second kappa shape index (κ2) is 4.86. The number of thiophene rings is 1. The molecule has 0 spiro atoms. The SMILES string of the molecule is O=C(O)c1ccc(-c2ccc(Cl)cc2C(F)(F)F)s1. The fourth-order valence-corrected chi connectivity index (χ4v) is 2.62. The van der Waals surface area contributed by atoms with Gasteiger partial charge in [0.15, 0.2) is 0 Å². The lowest BCUT2D eigenvalue weighted by Gasteiger charge is -2.11. The van der Waals surface area contributed by atoms with E-state index in [0.29, 0.717) is 0 Å². The first kappa shape index (κ1) is 13.9. The number of carboxylic acids is 1. The van der Waals surface area contributed by atoms with Gasteiger partial charge in [-0.25, -0.2) is 4.79 Å². The highest BCUT2D eigenvalue weighted by molar-refractivity contribution is 7.17. The predicted octanol–water partition coefficient (Wildman–Crippen LogP) is 4.79. The number of carboxylic acid groups (broad SMARTS) is 1. The molecule has 1 aromatic carbocycles. The van der Waals surface area contributed by atoms with Gasteiger partial charge in [-0.05, 0) is 24.3 Å². The summed E-state index contributed by atoms with van der Waals surface area (Å²) in [5, 5.41) is 8.76. The number of carbonyl (C=O) groups is 1. The maximum Gasteiger partial charge on any atom is 0.417 e. The topological polar surface area (TPSA) is 37.3 Å². The Labute approximate surface area is 115 Å². The van der Waals surface area contributed by atoms with E-state index in [1.54, 1.807) is 0 Å². The molecule has 0 fully saturated rings. The van der Waals surface area contributed by atoms with Crippen molar-refractivity contribution in [1.82, 2.24) is 0 Å². The van der Waals surface area contributed by atoms with Crippen molar-refractivity contribution in [3.05, 3.63) is 45.8 Å². The molecule has 0 unspecified atom stereocenters. The number of rotatable bonds is 2. The summed E-state index contributed by atoms with van der Waals surface area (Å²) < 4.78 is 38.7. The van der Waals surface area contributed by atoms with Crippen molar-refractivity contribution in [2.75, 3.05) is 0 Å². The van der Waals surface area contributed by atoms with Gasteiger partial charge < -0.3 is 5.11 Å². The van der Waals surface area contributed by atoms with E-state index in [0.717, 1.165) is 17.4 Å². The van der Waals surface area contributed by atoms with Gasteiger partial charge in [-0.2, -0.15) is 13.2 Å². The third-order valence-electron chi connectivity index (χ3n) is 2.37. The van der Waals surface area contributed by atoms with E-state index < -0.39 is 17.7 Å². The van der Waals surface area contributed by atoms with Crippen LogP contribution in [0.25, 0.3) is 10.4 Å². The first-order valence-corrected chi connectivity index (χ1v) is 6.19. The van der Waals surface area contributed by atoms with Crippen LogP contribution in [0.15, 0.2) is 30.3 Å². The standard InChI is InChI=1S/C12H6ClF3O2S/c13-6-1-2-7(8(5-6)12(14,15)16)9-3-4-10(19-9)11(17)18/h1-5H,(H,17,18). The van der Waals surface area contributed by atoms with E-state index in [9.17, 15) is 18.0 Å². The normalized spacial score (nSPS) is 11.6. The minimum Gasteiger partial charge on any atom is -0.477 e. The van der Waals surface area contributed by atoms with Crippen molar-refractivity contribution in [2.24, 2.45) is 0 Å². The minimum atomic E-state index is -4.55. The maximum absolute atomic E-state index is 12.9. The Morgan fingerprint density at radius 1 is 1.21 bits per heavy atom. The average Bonchev–Trinajstić information content (AvgIpc) is 2.77. The molecule has 100 valence electrons. The highest BCUT2D eigenvalue weighted by Gasteiger charge is 2.34. The van der Waals surface area contributed by atoms with Gasteiger partial charge >= 0.3 is 12.1 Å². The summed E-state index contributed by atoms with van der Waals surface area (Å²) in [6, 6.07) is 6.04. The van der Waals surface area contributed by atoms with Crippen LogP contribution < -0.4 is 0 Å². The number of halogens is 4. The smallest absolute Gasteiger partial charge is 0.417 e. The highest BCUT2D eigenvalue weighted by atomic mass is 35.5. The van der Waals surface area contributed by atoms with Crippen LogP contribution in [-0.2, 0) is 6.18 Å². The van der Waals surface area contributed by atoms with Gasteiger partial charge in [-0.1, -0.05) is 17.7 Å². The van der Waals surface area contributed by atoms with Crippen molar-refractivity contribution in [2.45, 2.75) is 6.18 Å². The molecule has 0 saturated heterocycles. The van der Waals surface area contributed by atoms with Gasteiger partial charge in [-0.3, -0.25) is 0 Å². The predicted molar refractivity (Wildman–Crippen MR) is 66.7 cm³/mol. The van der Waals surface area contributed by atoms with Crippen LogP contribution in [0.1, 0.15) is 15.2 Å². The average molecular weight is 307 g/mol. The van der Waals surface area contributed by atoms with Gasteiger partial charge in [0.25, 0.3) is 0 Å². The van der Waals surface area contributed by atoms with Crippen LogP contribution in [-0.4, -0.2) is 11.1 Å². The van der Waals surface area contributed by atoms with E-state index >= 15 is 0 Å². The van der Waals surface area contributed by atoms with Crippen molar-refractivity contribution in [1.29, 1.82) is 0 Å². The van der Waals surface area contributed by atoms with Crippen LogP contribution in [0.5, 0.6) is 0 Å². The summed E-state index contributed by atoms with van der Waals surface area (Å²) >= 11 is 6.36. The quantitative estimate of drug-likeness (QED) is 0.866. The number of hydrogen-bond acceptors (Lipinski definition) is 2. The molecule has 1 aromatic heterocycles. The number of benzene rings is 1. The minimum absolute atomic E-state index is 0.0157. The molecule has 1 N–H and O–H groups in total. The van der Waals surface area contributed by atoms with Crippen LogP contribution in [0.2, 0.25) is 5.02 Å². The zero-order valence-corrected chi connectivity index (χ0v) is 10.7. The van der Waals surface area contributed by atoms with Crippen LogP contribution in [0.3, 0.4) is 0 Å². The van der Waals surface area contributed by atoms with E-state index in [2.05, 4.69) is 0 Å². The molecule has 0 aliphatic carbocycles. The zero-order chi connectivity index (χ0) is 14.2. The van der Waals surface area contributed by atoms with Crippen LogP contribution >= 0.6 is 22.9 Å². The lowest BCUT2D eigenvalue weighted by molar-refractivity contribution is -0.137. The molecule has 0 aliphatic heterocycles. The first-order valence-electron chi connectivity index (χ1n) is 4.99. The largest absolute Gasteiger partial charge is 0.477 e. The zero-order valence-electron chi connectivity index (χ0n) is 9.16. The van der Waals surface area contributed by atoms with Gasteiger partial charge in [0, 0.05) is 15.5 Å². The molecular weight excluding hydrogens is 301 g/mol. The molecule has 0 saturated carbocycles. The summed E-state index contributed by atoms with van der Waals surface area (Å²) in [6.07, 6.45) is -4.55. The summed E-state index contributed by atoms with van der Waals surface area (Å²) in [4.78, 5) is 11.0. The summed E-state index contributed by atoms with van der Waals surface area (Å²) in [7, 11) is 0. The maximum atomic E-state index is 12.9. The molecule has 0 radical (unpaired) electrons. The molecule has 0 amide bonds. The van der Waals surface area contributed by atoms with Gasteiger partial charge in [0.2, 0.25) is 0 Å². The van der Waals surface area contributed by atoms with E-state index in [-0.39, 0.29) is 20.3 Å². The van der Waals surface area contributed by atoms with Crippen molar-refractivity contribution < 1.29 is 23.1 Å². The molecule has 1 heterocycles. The molecule has 2 nitrogen and oxygen atoms in total. The Hall–Kier alpha value is -1.53. The monoisotopic (exact) mass is 306 g/mol. The molecule has 0 atom stereocenters. The first-order chi connectivity index (χ1) is 8.79. The third kappa shape index (κ3) is 2.90. The molecule has 0 aliphatic rings. The van der Waals surface area contributed by atoms with Gasteiger partial charge in [0.05, 0.1) is 5.56 Å². The molecule has 2 aromatic rings. The Kier molecular flexibility index (Phi) is 3.56. The number of alkyl halides is 3. The molecule has 7 heteroatoms. The molecule has 19 heavy (non-hydrogen) atoms. The van der Waals surface area contributed by atoms with Crippen LogP contribution in [0.4, 0.5) is 13.2 Å².